The van der Waals surface area contributed by atoms with E-state index in [1.807, 2.05) is 6.07 Å². The minimum absolute atomic E-state index is 0.0801. The SMILES string of the molecule is COc1c(N)cc(C#N)cc1C(=O)O. The summed E-state index contributed by atoms with van der Waals surface area (Å²) in [4.78, 5) is 10.8. The summed E-state index contributed by atoms with van der Waals surface area (Å²) >= 11 is 0. The average molecular weight is 192 g/mol. The Morgan fingerprint density at radius 3 is 2.71 bits per heavy atom. The number of ether oxygens (including phenoxy) is 1. The molecule has 0 aromatic heterocycles. The van der Waals surface area contributed by atoms with Gasteiger partial charge in [0.2, 0.25) is 0 Å². The summed E-state index contributed by atoms with van der Waals surface area (Å²) < 4.78 is 4.82. The number of methoxy groups -OCH3 is 1. The number of benzene rings is 1. The summed E-state index contributed by atoms with van der Waals surface area (Å²) in [5, 5.41) is 17.4. The van der Waals surface area contributed by atoms with Gasteiger partial charge in [-0.2, -0.15) is 5.26 Å². The van der Waals surface area contributed by atoms with Crippen LogP contribution in [0.25, 0.3) is 0 Å². The number of aromatic carboxylic acids is 1. The molecular weight excluding hydrogens is 184 g/mol. The summed E-state index contributed by atoms with van der Waals surface area (Å²) in [6.07, 6.45) is 0. The predicted molar refractivity (Wildman–Crippen MR) is 49.1 cm³/mol. The zero-order valence-electron chi connectivity index (χ0n) is 7.44. The Kier molecular flexibility index (Phi) is 2.58. The summed E-state index contributed by atoms with van der Waals surface area (Å²) in [5.74, 6) is -1.10. The Balaban J connectivity index is 3.45. The minimum atomic E-state index is -1.18. The maximum absolute atomic E-state index is 10.8. The molecule has 0 aliphatic rings. The number of carboxylic acid groups (broad SMARTS) is 1. The largest absolute Gasteiger partial charge is 0.494 e. The average Bonchev–Trinajstić information content (AvgIpc) is 2.16. The maximum atomic E-state index is 10.8. The predicted octanol–water partition coefficient (Wildman–Crippen LogP) is 0.847. The lowest BCUT2D eigenvalue weighted by atomic mass is 10.1. The molecule has 1 aromatic carbocycles. The van der Waals surface area contributed by atoms with Crippen LogP contribution in [0.15, 0.2) is 12.1 Å². The van der Waals surface area contributed by atoms with Crippen LogP contribution >= 0.6 is 0 Å². The standard InChI is InChI=1S/C9H8N2O3/c1-14-8-6(9(12)13)2-5(4-10)3-7(8)11/h2-3H,11H2,1H3,(H,12,13). The molecule has 14 heavy (non-hydrogen) atoms. The molecule has 0 aliphatic heterocycles. The van der Waals surface area contributed by atoms with Crippen molar-refractivity contribution in [1.82, 2.24) is 0 Å². The van der Waals surface area contributed by atoms with Gasteiger partial charge in [0.1, 0.15) is 5.56 Å². The molecule has 0 spiro atoms. The Morgan fingerprint density at radius 1 is 1.64 bits per heavy atom. The Labute approximate surface area is 80.3 Å². The van der Waals surface area contributed by atoms with Crippen molar-refractivity contribution in [2.24, 2.45) is 0 Å². The fraction of sp³-hybridized carbons (Fsp3) is 0.111. The van der Waals surface area contributed by atoms with Gasteiger partial charge in [-0.15, -0.1) is 0 Å². The third-order valence-corrected chi connectivity index (χ3v) is 1.68. The first-order valence-electron chi connectivity index (χ1n) is 3.71. The van der Waals surface area contributed by atoms with Crippen LogP contribution in [0.1, 0.15) is 15.9 Å². The summed E-state index contributed by atoms with van der Waals surface area (Å²) in [6, 6.07) is 4.40. The van der Waals surface area contributed by atoms with Crippen LogP contribution in [0.5, 0.6) is 5.75 Å². The fourth-order valence-electron chi connectivity index (χ4n) is 1.10. The number of nitriles is 1. The number of carbonyl (C=O) groups is 1. The van der Waals surface area contributed by atoms with Crippen molar-refractivity contribution < 1.29 is 14.6 Å². The first kappa shape index (κ1) is 9.86. The van der Waals surface area contributed by atoms with Crippen LogP contribution in [0.3, 0.4) is 0 Å². The van der Waals surface area contributed by atoms with Gasteiger partial charge in [0, 0.05) is 0 Å². The fourth-order valence-corrected chi connectivity index (χ4v) is 1.10. The molecule has 0 unspecified atom stereocenters. The van der Waals surface area contributed by atoms with Crippen LogP contribution in [-0.2, 0) is 0 Å². The molecule has 5 heteroatoms. The monoisotopic (exact) mass is 192 g/mol. The summed E-state index contributed by atoms with van der Waals surface area (Å²) in [6.45, 7) is 0. The Morgan fingerprint density at radius 2 is 2.29 bits per heavy atom. The normalized spacial score (nSPS) is 9.14. The molecule has 0 amide bonds. The van der Waals surface area contributed by atoms with Crippen LogP contribution in [0, 0.1) is 11.3 Å². The molecule has 0 saturated carbocycles. The van der Waals surface area contributed by atoms with E-state index >= 15 is 0 Å². The molecule has 3 N–H and O–H groups in total. The molecule has 1 aromatic rings. The van der Waals surface area contributed by atoms with Crippen molar-refractivity contribution in [3.8, 4) is 11.8 Å². The van der Waals surface area contributed by atoms with E-state index in [0.29, 0.717) is 0 Å². The van der Waals surface area contributed by atoms with Gasteiger partial charge in [-0.3, -0.25) is 0 Å². The van der Waals surface area contributed by atoms with Gasteiger partial charge >= 0.3 is 5.97 Å². The molecule has 1 rings (SSSR count). The zero-order valence-corrected chi connectivity index (χ0v) is 7.44. The lowest BCUT2D eigenvalue weighted by Crippen LogP contribution is -2.04. The van der Waals surface area contributed by atoms with Crippen molar-refractivity contribution in [2.45, 2.75) is 0 Å². The Hall–Kier alpha value is -2.22. The highest BCUT2D eigenvalue weighted by Gasteiger charge is 2.15. The number of carboxylic acids is 1. The molecule has 0 saturated heterocycles. The van der Waals surface area contributed by atoms with E-state index in [1.165, 1.54) is 19.2 Å². The number of nitrogens with two attached hydrogens (primary N) is 1. The third kappa shape index (κ3) is 1.59. The van der Waals surface area contributed by atoms with Crippen molar-refractivity contribution >= 4 is 11.7 Å². The highest BCUT2D eigenvalue weighted by Crippen LogP contribution is 2.27. The van der Waals surface area contributed by atoms with Crippen molar-refractivity contribution in [3.05, 3.63) is 23.3 Å². The quantitative estimate of drug-likeness (QED) is 0.677. The van der Waals surface area contributed by atoms with E-state index < -0.39 is 5.97 Å². The smallest absolute Gasteiger partial charge is 0.339 e. The lowest BCUT2D eigenvalue weighted by molar-refractivity contribution is 0.0693. The summed E-state index contributed by atoms with van der Waals surface area (Å²) in [5.41, 5.74) is 5.74. The zero-order chi connectivity index (χ0) is 10.7. The van der Waals surface area contributed by atoms with Crippen LogP contribution in [-0.4, -0.2) is 18.2 Å². The van der Waals surface area contributed by atoms with Gasteiger partial charge < -0.3 is 15.6 Å². The molecule has 0 atom stereocenters. The molecule has 0 heterocycles. The second-order valence-electron chi connectivity index (χ2n) is 2.56. The molecule has 0 fully saturated rings. The second-order valence-corrected chi connectivity index (χ2v) is 2.56. The van der Waals surface area contributed by atoms with Crippen molar-refractivity contribution in [1.29, 1.82) is 5.26 Å². The first-order valence-corrected chi connectivity index (χ1v) is 3.71. The lowest BCUT2D eigenvalue weighted by Gasteiger charge is -2.07. The highest BCUT2D eigenvalue weighted by atomic mass is 16.5. The van der Waals surface area contributed by atoms with Crippen LogP contribution < -0.4 is 10.5 Å². The molecule has 0 radical (unpaired) electrons. The van der Waals surface area contributed by atoms with Gasteiger partial charge in [-0.25, -0.2) is 4.79 Å². The van der Waals surface area contributed by atoms with E-state index in [1.54, 1.807) is 0 Å². The van der Waals surface area contributed by atoms with Gasteiger partial charge in [0.05, 0.1) is 24.4 Å². The second kappa shape index (κ2) is 3.66. The Bertz CT molecular complexity index is 421. The van der Waals surface area contributed by atoms with E-state index in [-0.39, 0.29) is 22.6 Å². The topological polar surface area (TPSA) is 96.3 Å². The van der Waals surface area contributed by atoms with E-state index in [0.717, 1.165) is 0 Å². The minimum Gasteiger partial charge on any atom is -0.494 e. The number of hydrogen-bond donors (Lipinski definition) is 2. The highest BCUT2D eigenvalue weighted by molar-refractivity contribution is 5.93. The molecule has 0 aliphatic carbocycles. The third-order valence-electron chi connectivity index (χ3n) is 1.68. The molecule has 72 valence electrons. The first-order chi connectivity index (χ1) is 6.60. The van der Waals surface area contributed by atoms with E-state index in [4.69, 9.17) is 20.8 Å². The van der Waals surface area contributed by atoms with Gasteiger partial charge in [0.25, 0.3) is 0 Å². The van der Waals surface area contributed by atoms with Crippen LogP contribution in [0.4, 0.5) is 5.69 Å². The van der Waals surface area contributed by atoms with Crippen molar-refractivity contribution in [2.75, 3.05) is 12.8 Å². The van der Waals surface area contributed by atoms with E-state index in [9.17, 15) is 4.79 Å². The molecule has 0 bridgehead atoms. The van der Waals surface area contributed by atoms with Gasteiger partial charge in [-0.05, 0) is 12.1 Å². The van der Waals surface area contributed by atoms with Gasteiger partial charge in [-0.1, -0.05) is 0 Å². The van der Waals surface area contributed by atoms with Crippen LogP contribution in [0.2, 0.25) is 0 Å². The number of nitrogen functional groups attached to an aromatic ring is 1. The van der Waals surface area contributed by atoms with Gasteiger partial charge in [0.15, 0.2) is 5.75 Å². The molecular formula is C9H8N2O3. The number of hydrogen-bond acceptors (Lipinski definition) is 4. The number of anilines is 1. The maximum Gasteiger partial charge on any atom is 0.339 e. The molecule has 5 nitrogen and oxygen atoms in total. The van der Waals surface area contributed by atoms with E-state index in [2.05, 4.69) is 0 Å². The number of nitrogens with zero attached hydrogens (tertiary/aromatic N) is 1. The number of rotatable bonds is 2. The van der Waals surface area contributed by atoms with Crippen molar-refractivity contribution in [3.63, 3.8) is 0 Å². The summed E-state index contributed by atoms with van der Waals surface area (Å²) in [7, 11) is 1.32.